The van der Waals surface area contributed by atoms with Crippen molar-refractivity contribution in [3.05, 3.63) is 35.2 Å². The van der Waals surface area contributed by atoms with Crippen molar-refractivity contribution >= 4 is 33.0 Å². The Balaban J connectivity index is 2.65. The van der Waals surface area contributed by atoms with Gasteiger partial charge in [0.1, 0.15) is 4.21 Å². The SMILES string of the molecule is COC(=O)c1cc(OC)c(OC)cc1N(C)S(=O)(=O)c1cccs1. The molecule has 0 fully saturated rings. The van der Waals surface area contributed by atoms with Crippen LogP contribution in [0.15, 0.2) is 33.9 Å². The van der Waals surface area contributed by atoms with E-state index in [4.69, 9.17) is 14.2 Å². The molecule has 0 aliphatic rings. The van der Waals surface area contributed by atoms with Gasteiger partial charge in [-0.15, -0.1) is 11.3 Å². The molecule has 0 atom stereocenters. The second kappa shape index (κ2) is 7.10. The van der Waals surface area contributed by atoms with Crippen LogP contribution in [0.1, 0.15) is 10.4 Å². The first kappa shape index (κ1) is 18.1. The Morgan fingerprint density at radius 1 is 1.12 bits per heavy atom. The van der Waals surface area contributed by atoms with Crippen molar-refractivity contribution in [2.24, 2.45) is 0 Å². The van der Waals surface area contributed by atoms with Crippen LogP contribution in [-0.2, 0) is 14.8 Å². The maximum absolute atomic E-state index is 12.7. The number of carbonyl (C=O) groups is 1. The van der Waals surface area contributed by atoms with E-state index in [1.807, 2.05) is 0 Å². The minimum Gasteiger partial charge on any atom is -0.493 e. The predicted molar refractivity (Wildman–Crippen MR) is 90.8 cm³/mol. The van der Waals surface area contributed by atoms with Crippen molar-refractivity contribution in [3.8, 4) is 11.5 Å². The van der Waals surface area contributed by atoms with Crippen LogP contribution in [0.4, 0.5) is 5.69 Å². The quantitative estimate of drug-likeness (QED) is 0.725. The van der Waals surface area contributed by atoms with E-state index in [0.717, 1.165) is 15.6 Å². The standard InChI is InChI=1S/C15H17NO6S2/c1-16(24(18,19)14-6-5-7-23-14)11-9-13(21-3)12(20-2)8-10(11)15(17)22-4/h5-9H,1-4H3. The van der Waals surface area contributed by atoms with Gasteiger partial charge in [-0.25, -0.2) is 13.2 Å². The first-order valence-electron chi connectivity index (χ1n) is 6.73. The van der Waals surface area contributed by atoms with Crippen molar-refractivity contribution in [2.75, 3.05) is 32.7 Å². The number of hydrogen-bond donors (Lipinski definition) is 0. The lowest BCUT2D eigenvalue weighted by Crippen LogP contribution is -2.27. The van der Waals surface area contributed by atoms with Gasteiger partial charge in [0.15, 0.2) is 11.5 Å². The summed E-state index contributed by atoms with van der Waals surface area (Å²) >= 11 is 1.09. The van der Waals surface area contributed by atoms with Gasteiger partial charge in [0, 0.05) is 19.2 Å². The van der Waals surface area contributed by atoms with Gasteiger partial charge in [0.25, 0.3) is 10.0 Å². The van der Waals surface area contributed by atoms with Crippen molar-refractivity contribution in [1.82, 2.24) is 0 Å². The predicted octanol–water partition coefficient (Wildman–Crippen LogP) is 2.38. The number of nitrogens with zero attached hydrogens (tertiary/aromatic N) is 1. The Bertz CT molecular complexity index is 830. The average molecular weight is 371 g/mol. The Morgan fingerprint density at radius 3 is 2.25 bits per heavy atom. The zero-order valence-electron chi connectivity index (χ0n) is 13.6. The molecule has 1 aromatic carbocycles. The summed E-state index contributed by atoms with van der Waals surface area (Å²) in [4.78, 5) is 12.1. The number of hydrogen-bond acceptors (Lipinski definition) is 7. The van der Waals surface area contributed by atoms with Crippen LogP contribution in [0.2, 0.25) is 0 Å². The van der Waals surface area contributed by atoms with Crippen molar-refractivity contribution in [1.29, 1.82) is 0 Å². The van der Waals surface area contributed by atoms with Gasteiger partial charge in [0.05, 0.1) is 32.6 Å². The molecule has 0 aliphatic heterocycles. The highest BCUT2D eigenvalue weighted by Gasteiger charge is 2.28. The molecule has 2 aromatic rings. The highest BCUT2D eigenvalue weighted by Crippen LogP contribution is 2.37. The Morgan fingerprint density at radius 2 is 1.75 bits per heavy atom. The number of benzene rings is 1. The Hall–Kier alpha value is -2.26. The van der Waals surface area contributed by atoms with Crippen molar-refractivity contribution < 1.29 is 27.4 Å². The van der Waals surface area contributed by atoms with Gasteiger partial charge in [-0.05, 0) is 11.4 Å². The van der Waals surface area contributed by atoms with E-state index in [2.05, 4.69) is 0 Å². The van der Waals surface area contributed by atoms with E-state index >= 15 is 0 Å². The Labute approximate surface area is 144 Å². The average Bonchev–Trinajstić information content (AvgIpc) is 3.14. The maximum atomic E-state index is 12.7. The lowest BCUT2D eigenvalue weighted by molar-refractivity contribution is 0.0601. The summed E-state index contributed by atoms with van der Waals surface area (Å²) in [6, 6.07) is 5.95. The number of esters is 1. The molecule has 0 aliphatic carbocycles. The number of rotatable bonds is 6. The molecule has 130 valence electrons. The molecule has 2 rings (SSSR count). The third-order valence-electron chi connectivity index (χ3n) is 3.36. The molecule has 0 saturated carbocycles. The van der Waals surface area contributed by atoms with E-state index in [-0.39, 0.29) is 15.5 Å². The second-order valence-electron chi connectivity index (χ2n) is 4.62. The fraction of sp³-hybridized carbons (Fsp3) is 0.267. The molecule has 9 heteroatoms. The fourth-order valence-electron chi connectivity index (χ4n) is 2.08. The van der Waals surface area contributed by atoms with Gasteiger partial charge >= 0.3 is 5.97 Å². The summed E-state index contributed by atoms with van der Waals surface area (Å²) in [5, 5.41) is 1.66. The number of thiophene rings is 1. The highest BCUT2D eigenvalue weighted by molar-refractivity contribution is 7.94. The molecule has 24 heavy (non-hydrogen) atoms. The zero-order valence-corrected chi connectivity index (χ0v) is 15.2. The largest absolute Gasteiger partial charge is 0.493 e. The van der Waals surface area contributed by atoms with E-state index in [1.54, 1.807) is 11.4 Å². The van der Waals surface area contributed by atoms with Gasteiger partial charge in [0.2, 0.25) is 0 Å². The van der Waals surface area contributed by atoms with Crippen molar-refractivity contribution in [3.63, 3.8) is 0 Å². The van der Waals surface area contributed by atoms with Gasteiger partial charge in [-0.1, -0.05) is 6.07 Å². The first-order chi connectivity index (χ1) is 11.4. The van der Waals surface area contributed by atoms with Crippen LogP contribution < -0.4 is 13.8 Å². The molecule has 0 unspecified atom stereocenters. The molecule has 1 aromatic heterocycles. The zero-order chi connectivity index (χ0) is 17.9. The Kier molecular flexibility index (Phi) is 5.35. The summed E-state index contributed by atoms with van der Waals surface area (Å²) in [6.45, 7) is 0. The minimum atomic E-state index is -3.81. The normalized spacial score (nSPS) is 11.0. The van der Waals surface area contributed by atoms with Crippen LogP contribution >= 0.6 is 11.3 Å². The number of methoxy groups -OCH3 is 3. The van der Waals surface area contributed by atoms with E-state index < -0.39 is 16.0 Å². The number of anilines is 1. The molecule has 0 bridgehead atoms. The van der Waals surface area contributed by atoms with Gasteiger partial charge in [-0.2, -0.15) is 0 Å². The number of carbonyl (C=O) groups excluding carboxylic acids is 1. The highest BCUT2D eigenvalue weighted by atomic mass is 32.2. The summed E-state index contributed by atoms with van der Waals surface area (Å²) in [6.07, 6.45) is 0. The molecular weight excluding hydrogens is 354 g/mol. The molecule has 0 spiro atoms. The summed E-state index contributed by atoms with van der Waals surface area (Å²) < 4.78 is 41.7. The van der Waals surface area contributed by atoms with Crippen molar-refractivity contribution in [2.45, 2.75) is 4.21 Å². The molecule has 0 amide bonds. The monoisotopic (exact) mass is 371 g/mol. The smallest absolute Gasteiger partial charge is 0.340 e. The van der Waals surface area contributed by atoms with E-state index in [9.17, 15) is 13.2 Å². The van der Waals surface area contributed by atoms with Crippen LogP contribution in [0.5, 0.6) is 11.5 Å². The summed E-state index contributed by atoms with van der Waals surface area (Å²) in [7, 11) is 1.62. The van der Waals surface area contributed by atoms with Crippen LogP contribution in [0, 0.1) is 0 Å². The minimum absolute atomic E-state index is 0.0535. The second-order valence-corrected chi connectivity index (χ2v) is 7.76. The lowest BCUT2D eigenvalue weighted by atomic mass is 10.1. The maximum Gasteiger partial charge on any atom is 0.340 e. The molecule has 0 N–H and O–H groups in total. The molecule has 0 saturated heterocycles. The number of ether oxygens (including phenoxy) is 3. The third kappa shape index (κ3) is 3.17. The molecule has 7 nitrogen and oxygen atoms in total. The summed E-state index contributed by atoms with van der Waals surface area (Å²) in [5.41, 5.74) is 0.186. The van der Waals surface area contributed by atoms with Crippen LogP contribution in [0.3, 0.4) is 0 Å². The van der Waals surface area contributed by atoms with E-state index in [0.29, 0.717) is 11.5 Å². The van der Waals surface area contributed by atoms with Gasteiger partial charge < -0.3 is 14.2 Å². The first-order valence-corrected chi connectivity index (χ1v) is 9.05. The fourth-order valence-corrected chi connectivity index (χ4v) is 4.44. The molecular formula is C15H17NO6S2. The van der Waals surface area contributed by atoms with Crippen LogP contribution in [-0.4, -0.2) is 42.8 Å². The molecule has 0 radical (unpaired) electrons. The molecule has 1 heterocycles. The van der Waals surface area contributed by atoms with E-state index in [1.165, 1.54) is 46.6 Å². The summed E-state index contributed by atoms with van der Waals surface area (Å²) in [5.74, 6) is -0.0869. The lowest BCUT2D eigenvalue weighted by Gasteiger charge is -2.22. The van der Waals surface area contributed by atoms with Crippen LogP contribution in [0.25, 0.3) is 0 Å². The number of sulfonamides is 1. The topological polar surface area (TPSA) is 82.1 Å². The van der Waals surface area contributed by atoms with Gasteiger partial charge in [-0.3, -0.25) is 4.31 Å². The third-order valence-corrected chi connectivity index (χ3v) is 6.50.